The number of Topliss-reactive ketones (excluding diaryl/α,β-unsaturated/α-hetero) is 1. The van der Waals surface area contributed by atoms with Gasteiger partial charge in [-0.3, -0.25) is 4.79 Å². The lowest BCUT2D eigenvalue weighted by Gasteiger charge is -2.13. The Labute approximate surface area is 105 Å². The number of benzene rings is 1. The highest BCUT2D eigenvalue weighted by Crippen LogP contribution is 2.33. The second kappa shape index (κ2) is 5.23. The summed E-state index contributed by atoms with van der Waals surface area (Å²) in [5, 5.41) is 0. The van der Waals surface area contributed by atoms with Crippen LogP contribution in [0.4, 0.5) is 0 Å². The summed E-state index contributed by atoms with van der Waals surface area (Å²) in [5.74, 6) is 1.77. The lowest BCUT2D eigenvalue weighted by molar-refractivity contribution is -0.113. The van der Waals surface area contributed by atoms with E-state index in [0.717, 1.165) is 22.6 Å². The minimum Gasteiger partial charge on any atom is -0.497 e. The van der Waals surface area contributed by atoms with Gasteiger partial charge >= 0.3 is 0 Å². The number of carbonyl (C=O) groups excluding carboxylic acids is 1. The van der Waals surface area contributed by atoms with Crippen molar-refractivity contribution in [3.63, 3.8) is 0 Å². The number of rotatable bonds is 3. The van der Waals surface area contributed by atoms with E-state index in [-0.39, 0.29) is 5.78 Å². The second-order valence-electron chi connectivity index (χ2n) is 3.80. The molecule has 0 radical (unpaired) electrons. The normalized spacial score (nSPS) is 14.9. The summed E-state index contributed by atoms with van der Waals surface area (Å²) in [6.45, 7) is 1.61. The van der Waals surface area contributed by atoms with Crippen LogP contribution in [-0.4, -0.2) is 18.6 Å². The maximum atomic E-state index is 11.2. The molecule has 1 aromatic rings. The molecule has 2 nitrogen and oxygen atoms in total. The molecule has 1 heterocycles. The standard InChI is InChI=1S/C14H14O2S/c1-10(15)12-5-8-14(17-9-12)11-3-6-13(16-2)7-4-11/h3-8H,9H2,1-2H3. The predicted molar refractivity (Wildman–Crippen MR) is 72.2 cm³/mol. The van der Waals surface area contributed by atoms with Gasteiger partial charge in [-0.25, -0.2) is 0 Å². The van der Waals surface area contributed by atoms with Gasteiger partial charge in [0.2, 0.25) is 0 Å². The molecule has 0 amide bonds. The van der Waals surface area contributed by atoms with Crippen molar-refractivity contribution >= 4 is 22.5 Å². The monoisotopic (exact) mass is 246 g/mol. The van der Waals surface area contributed by atoms with E-state index in [2.05, 4.69) is 0 Å². The van der Waals surface area contributed by atoms with Crippen LogP contribution >= 0.6 is 11.8 Å². The molecule has 3 heteroatoms. The second-order valence-corrected chi connectivity index (χ2v) is 4.81. The fraction of sp³-hybridized carbons (Fsp3) is 0.214. The van der Waals surface area contributed by atoms with E-state index in [1.165, 1.54) is 4.91 Å². The first-order chi connectivity index (χ1) is 8.20. The van der Waals surface area contributed by atoms with E-state index in [1.807, 2.05) is 36.4 Å². The predicted octanol–water partition coefficient (Wildman–Crippen LogP) is 3.30. The van der Waals surface area contributed by atoms with Gasteiger partial charge in [0.1, 0.15) is 5.75 Å². The Kier molecular flexibility index (Phi) is 3.69. The van der Waals surface area contributed by atoms with Crippen molar-refractivity contribution in [2.45, 2.75) is 6.92 Å². The number of ketones is 1. The van der Waals surface area contributed by atoms with Crippen LogP contribution in [0.2, 0.25) is 0 Å². The third-order valence-electron chi connectivity index (χ3n) is 2.65. The van der Waals surface area contributed by atoms with Gasteiger partial charge in [0, 0.05) is 16.2 Å². The van der Waals surface area contributed by atoms with Crippen LogP contribution < -0.4 is 4.74 Å². The number of carbonyl (C=O) groups is 1. The van der Waals surface area contributed by atoms with Gasteiger partial charge in [-0.2, -0.15) is 0 Å². The number of thioether (sulfide) groups is 1. The number of methoxy groups -OCH3 is 1. The molecule has 17 heavy (non-hydrogen) atoms. The molecule has 0 saturated heterocycles. The van der Waals surface area contributed by atoms with Crippen LogP contribution in [0, 0.1) is 0 Å². The van der Waals surface area contributed by atoms with Crippen molar-refractivity contribution in [1.82, 2.24) is 0 Å². The van der Waals surface area contributed by atoms with Crippen LogP contribution in [-0.2, 0) is 4.79 Å². The number of hydrogen-bond acceptors (Lipinski definition) is 3. The molecule has 0 saturated carbocycles. The van der Waals surface area contributed by atoms with Gasteiger partial charge in [-0.15, -0.1) is 11.8 Å². The first-order valence-corrected chi connectivity index (χ1v) is 6.38. The molecular formula is C14H14O2S. The van der Waals surface area contributed by atoms with Crippen LogP contribution in [0.25, 0.3) is 4.91 Å². The zero-order valence-electron chi connectivity index (χ0n) is 9.90. The van der Waals surface area contributed by atoms with Gasteiger partial charge in [0.25, 0.3) is 0 Å². The highest BCUT2D eigenvalue weighted by Gasteiger charge is 2.11. The Bertz CT molecular complexity index is 483. The molecule has 1 aliphatic rings. The number of ether oxygens (including phenoxy) is 1. The van der Waals surface area contributed by atoms with Gasteiger partial charge in [0.15, 0.2) is 5.78 Å². The molecule has 0 fully saturated rings. The Hall–Kier alpha value is -1.48. The summed E-state index contributed by atoms with van der Waals surface area (Å²) < 4.78 is 5.12. The molecule has 0 aliphatic carbocycles. The average Bonchev–Trinajstić information content (AvgIpc) is 2.39. The van der Waals surface area contributed by atoms with Gasteiger partial charge in [0.05, 0.1) is 7.11 Å². The molecule has 0 atom stereocenters. The van der Waals surface area contributed by atoms with Gasteiger partial charge in [-0.05, 0) is 30.7 Å². The number of hydrogen-bond donors (Lipinski definition) is 0. The molecule has 88 valence electrons. The van der Waals surface area contributed by atoms with Gasteiger partial charge < -0.3 is 4.74 Å². The van der Waals surface area contributed by atoms with E-state index in [1.54, 1.807) is 25.8 Å². The lowest BCUT2D eigenvalue weighted by atomic mass is 10.1. The van der Waals surface area contributed by atoms with E-state index in [9.17, 15) is 4.79 Å². The molecular weight excluding hydrogens is 232 g/mol. The zero-order valence-corrected chi connectivity index (χ0v) is 10.7. The summed E-state index contributed by atoms with van der Waals surface area (Å²) in [5.41, 5.74) is 2.04. The molecule has 0 N–H and O–H groups in total. The Morgan fingerprint density at radius 3 is 2.41 bits per heavy atom. The van der Waals surface area contributed by atoms with E-state index < -0.39 is 0 Å². The Balaban J connectivity index is 2.21. The summed E-state index contributed by atoms with van der Waals surface area (Å²) >= 11 is 1.70. The topological polar surface area (TPSA) is 26.3 Å². The zero-order chi connectivity index (χ0) is 12.3. The van der Waals surface area contributed by atoms with E-state index in [4.69, 9.17) is 4.74 Å². The first kappa shape index (κ1) is 12.0. The number of allylic oxidation sites excluding steroid dienone is 2. The van der Waals surface area contributed by atoms with Crippen LogP contribution in [0.5, 0.6) is 5.75 Å². The maximum Gasteiger partial charge on any atom is 0.156 e. The first-order valence-electron chi connectivity index (χ1n) is 5.39. The quantitative estimate of drug-likeness (QED) is 0.818. The van der Waals surface area contributed by atoms with Crippen molar-refractivity contribution < 1.29 is 9.53 Å². The smallest absolute Gasteiger partial charge is 0.156 e. The van der Waals surface area contributed by atoms with E-state index in [0.29, 0.717) is 0 Å². The highest BCUT2D eigenvalue weighted by atomic mass is 32.2. The van der Waals surface area contributed by atoms with Crippen molar-refractivity contribution in [3.05, 3.63) is 47.6 Å². The van der Waals surface area contributed by atoms with Crippen molar-refractivity contribution in [2.75, 3.05) is 12.9 Å². The van der Waals surface area contributed by atoms with Crippen LogP contribution in [0.15, 0.2) is 42.0 Å². The summed E-state index contributed by atoms with van der Waals surface area (Å²) in [4.78, 5) is 12.4. The Morgan fingerprint density at radius 1 is 1.24 bits per heavy atom. The molecule has 1 aromatic carbocycles. The third-order valence-corrected chi connectivity index (χ3v) is 3.78. The van der Waals surface area contributed by atoms with Crippen molar-refractivity contribution in [1.29, 1.82) is 0 Å². The summed E-state index contributed by atoms with van der Waals surface area (Å²) in [6.07, 6.45) is 3.92. The average molecular weight is 246 g/mol. The molecule has 0 bridgehead atoms. The Morgan fingerprint density at radius 2 is 1.94 bits per heavy atom. The van der Waals surface area contributed by atoms with Crippen molar-refractivity contribution in [2.24, 2.45) is 0 Å². The molecule has 2 rings (SSSR count). The van der Waals surface area contributed by atoms with Crippen LogP contribution in [0.3, 0.4) is 0 Å². The largest absolute Gasteiger partial charge is 0.497 e. The summed E-state index contributed by atoms with van der Waals surface area (Å²) in [7, 11) is 1.66. The molecule has 0 spiro atoms. The fourth-order valence-electron chi connectivity index (χ4n) is 1.58. The fourth-order valence-corrected chi connectivity index (χ4v) is 2.66. The maximum absolute atomic E-state index is 11.2. The minimum absolute atomic E-state index is 0.155. The van der Waals surface area contributed by atoms with Gasteiger partial charge in [-0.1, -0.05) is 18.2 Å². The minimum atomic E-state index is 0.155. The summed E-state index contributed by atoms with van der Waals surface area (Å²) in [6, 6.07) is 7.95. The highest BCUT2D eigenvalue weighted by molar-refractivity contribution is 8.08. The van der Waals surface area contributed by atoms with Crippen LogP contribution in [0.1, 0.15) is 12.5 Å². The third kappa shape index (κ3) is 2.80. The van der Waals surface area contributed by atoms with E-state index >= 15 is 0 Å². The SMILES string of the molecule is COc1ccc(C2=CC=C(C(C)=O)CS2)cc1. The van der Waals surface area contributed by atoms with Crippen molar-refractivity contribution in [3.8, 4) is 5.75 Å². The lowest BCUT2D eigenvalue weighted by Crippen LogP contribution is -2.02. The molecule has 1 aliphatic heterocycles. The molecule has 0 aromatic heterocycles. The molecule has 0 unspecified atom stereocenters.